The lowest BCUT2D eigenvalue weighted by atomic mass is 9.65. The van der Waals surface area contributed by atoms with Crippen molar-refractivity contribution in [2.24, 2.45) is 17.0 Å². The van der Waals surface area contributed by atoms with E-state index in [1.807, 2.05) is 0 Å². The van der Waals surface area contributed by atoms with Crippen LogP contribution in [0.25, 0.3) is 0 Å². The summed E-state index contributed by atoms with van der Waals surface area (Å²) in [4.78, 5) is 42.5. The number of hydrogen-bond acceptors (Lipinski definition) is 6. The molecule has 2 saturated carbocycles. The van der Waals surface area contributed by atoms with Crippen LogP contribution in [0.4, 0.5) is 0 Å². The normalized spacial score (nSPS) is 27.5. The minimum absolute atomic E-state index is 0.0618. The van der Waals surface area contributed by atoms with Crippen LogP contribution in [0.3, 0.4) is 0 Å². The Labute approximate surface area is 141 Å². The van der Waals surface area contributed by atoms with Crippen LogP contribution in [-0.2, 0) is 19.2 Å². The molecule has 2 rings (SSSR count). The van der Waals surface area contributed by atoms with E-state index in [1.165, 1.54) is 0 Å². The molecule has 0 saturated heterocycles. The number of Topliss-reactive ketones (excluding diaryl/α,β-unsaturated/α-hetero) is 3. The van der Waals surface area contributed by atoms with Crippen molar-refractivity contribution in [2.45, 2.75) is 57.1 Å². The Kier molecular flexibility index (Phi) is 6.00. The van der Waals surface area contributed by atoms with Crippen molar-refractivity contribution in [3.8, 4) is 0 Å². The first-order chi connectivity index (χ1) is 11.0. The fraction of sp³-hybridized carbons (Fsp3) is 0.765. The number of rotatable bonds is 7. The van der Waals surface area contributed by atoms with Crippen LogP contribution >= 0.6 is 11.8 Å². The van der Waals surface area contributed by atoms with E-state index in [0.717, 1.165) is 19.3 Å². The highest BCUT2D eigenvalue weighted by molar-refractivity contribution is 8.00. The van der Waals surface area contributed by atoms with Crippen LogP contribution in [0.1, 0.15) is 52.4 Å². The number of nitrogens with zero attached hydrogens (tertiary/aromatic N) is 1. The molecule has 0 aliphatic heterocycles. The quantitative estimate of drug-likeness (QED) is 0.405. The van der Waals surface area contributed by atoms with Gasteiger partial charge in [0, 0.05) is 17.6 Å². The summed E-state index contributed by atoms with van der Waals surface area (Å²) >= 11 is 1.77. The van der Waals surface area contributed by atoms with Gasteiger partial charge in [-0.2, -0.15) is 11.8 Å². The first-order valence-electron chi connectivity index (χ1n) is 8.32. The first-order valence-corrected chi connectivity index (χ1v) is 9.55. The number of thioether (sulfide) groups is 1. The van der Waals surface area contributed by atoms with Gasteiger partial charge in [-0.25, -0.2) is 0 Å². The van der Waals surface area contributed by atoms with Crippen molar-refractivity contribution in [2.75, 3.05) is 12.9 Å². The fourth-order valence-electron chi connectivity index (χ4n) is 3.53. The maximum Gasteiger partial charge on any atom is 0.198 e. The smallest absolute Gasteiger partial charge is 0.198 e. The van der Waals surface area contributed by atoms with E-state index < -0.39 is 11.7 Å². The molecule has 2 aliphatic carbocycles. The maximum absolute atomic E-state index is 12.5. The highest BCUT2D eigenvalue weighted by Crippen LogP contribution is 2.52. The molecule has 0 aromatic heterocycles. The molecule has 0 unspecified atom stereocenters. The van der Waals surface area contributed by atoms with Crippen molar-refractivity contribution < 1.29 is 19.2 Å². The lowest BCUT2D eigenvalue weighted by Crippen LogP contribution is -2.50. The van der Waals surface area contributed by atoms with Crippen LogP contribution in [0.2, 0.25) is 0 Å². The topological polar surface area (TPSA) is 72.8 Å². The predicted molar refractivity (Wildman–Crippen MR) is 90.7 cm³/mol. The van der Waals surface area contributed by atoms with Gasteiger partial charge in [0.2, 0.25) is 0 Å². The summed E-state index contributed by atoms with van der Waals surface area (Å²) < 4.78 is 0.0618. The standard InChI is InChI=1S/C17H25NO4S/c1-4-12(18-22-5-2)16(21)15-13(19)9-11(10-14(15)20)17(23-3)7-6-8-17/h11,15H,4-10H2,1-3H3/b18-12+. The van der Waals surface area contributed by atoms with E-state index in [4.69, 9.17) is 4.84 Å². The Hall–Kier alpha value is -1.17. The average Bonchev–Trinajstić information content (AvgIpc) is 2.47. The summed E-state index contributed by atoms with van der Waals surface area (Å²) in [6.07, 6.45) is 6.34. The van der Waals surface area contributed by atoms with Gasteiger partial charge in [0.1, 0.15) is 18.2 Å². The molecule has 2 aliphatic rings. The lowest BCUT2D eigenvalue weighted by Gasteiger charge is -2.48. The van der Waals surface area contributed by atoms with Gasteiger partial charge in [-0.05, 0) is 38.4 Å². The Balaban J connectivity index is 2.12. The Morgan fingerprint density at radius 3 is 2.26 bits per heavy atom. The number of carbonyl (C=O) groups is 3. The second-order valence-corrected chi connectivity index (χ2v) is 7.49. The van der Waals surface area contributed by atoms with Crippen LogP contribution in [-0.4, -0.2) is 40.7 Å². The van der Waals surface area contributed by atoms with Gasteiger partial charge in [0.25, 0.3) is 0 Å². The summed E-state index contributed by atoms with van der Waals surface area (Å²) in [6, 6.07) is 0. The van der Waals surface area contributed by atoms with Gasteiger partial charge in [0.05, 0.1) is 0 Å². The van der Waals surface area contributed by atoms with Crippen LogP contribution in [0.15, 0.2) is 5.16 Å². The lowest BCUT2D eigenvalue weighted by molar-refractivity contribution is -0.142. The zero-order valence-electron chi connectivity index (χ0n) is 14.1. The van der Waals surface area contributed by atoms with Gasteiger partial charge < -0.3 is 4.84 Å². The molecule has 0 aromatic carbocycles. The summed E-state index contributed by atoms with van der Waals surface area (Å²) in [5.74, 6) is -2.04. The summed E-state index contributed by atoms with van der Waals surface area (Å²) in [5, 5.41) is 3.77. The molecule has 2 fully saturated rings. The van der Waals surface area contributed by atoms with Crippen LogP contribution in [0, 0.1) is 11.8 Å². The van der Waals surface area contributed by atoms with Gasteiger partial charge in [-0.3, -0.25) is 14.4 Å². The second kappa shape index (κ2) is 7.60. The second-order valence-electron chi connectivity index (χ2n) is 6.27. The van der Waals surface area contributed by atoms with Crippen LogP contribution < -0.4 is 0 Å². The molecule has 0 radical (unpaired) electrons. The van der Waals surface area contributed by atoms with Crippen molar-refractivity contribution in [1.82, 2.24) is 0 Å². The zero-order chi connectivity index (χ0) is 17.0. The summed E-state index contributed by atoms with van der Waals surface area (Å²) in [5.41, 5.74) is 0.181. The molecule has 0 N–H and O–H groups in total. The largest absolute Gasteiger partial charge is 0.396 e. The van der Waals surface area contributed by atoms with Gasteiger partial charge >= 0.3 is 0 Å². The van der Waals surface area contributed by atoms with E-state index in [1.54, 1.807) is 25.6 Å². The molecular formula is C17H25NO4S. The molecule has 0 atom stereocenters. The van der Waals surface area contributed by atoms with E-state index in [0.29, 0.717) is 25.9 Å². The van der Waals surface area contributed by atoms with Crippen molar-refractivity contribution in [1.29, 1.82) is 0 Å². The average molecular weight is 339 g/mol. The van der Waals surface area contributed by atoms with Crippen molar-refractivity contribution in [3.63, 3.8) is 0 Å². The summed E-state index contributed by atoms with van der Waals surface area (Å²) in [6.45, 7) is 3.89. The molecule has 5 nitrogen and oxygen atoms in total. The molecule has 0 bridgehead atoms. The van der Waals surface area contributed by atoms with Crippen molar-refractivity contribution >= 4 is 34.8 Å². The minimum Gasteiger partial charge on any atom is -0.396 e. The SMILES string of the molecule is CCO/N=C(\CC)C(=O)C1C(=O)CC(C2(SC)CCC2)CC1=O. The van der Waals surface area contributed by atoms with E-state index in [-0.39, 0.29) is 27.9 Å². The predicted octanol–water partition coefficient (Wildman–Crippen LogP) is 2.81. The first kappa shape index (κ1) is 18.2. The molecule has 0 amide bonds. The minimum atomic E-state index is -1.16. The Bertz CT molecular complexity index is 501. The number of oxime groups is 1. The van der Waals surface area contributed by atoms with Crippen molar-refractivity contribution in [3.05, 3.63) is 0 Å². The van der Waals surface area contributed by atoms with Crippen LogP contribution in [0.5, 0.6) is 0 Å². The fourth-order valence-corrected chi connectivity index (χ4v) is 4.73. The molecule has 0 heterocycles. The van der Waals surface area contributed by atoms with Gasteiger partial charge in [-0.1, -0.05) is 18.5 Å². The van der Waals surface area contributed by atoms with E-state index >= 15 is 0 Å². The summed E-state index contributed by atoms with van der Waals surface area (Å²) in [7, 11) is 0. The third-order valence-electron chi connectivity index (χ3n) is 5.07. The van der Waals surface area contributed by atoms with E-state index in [9.17, 15) is 14.4 Å². The zero-order valence-corrected chi connectivity index (χ0v) is 14.9. The molecule has 0 spiro atoms. The third kappa shape index (κ3) is 3.52. The molecule has 128 valence electrons. The highest BCUT2D eigenvalue weighted by Gasteiger charge is 2.50. The molecule has 6 heteroatoms. The molecule has 0 aromatic rings. The maximum atomic E-state index is 12.5. The molecule has 23 heavy (non-hydrogen) atoms. The van der Waals surface area contributed by atoms with E-state index in [2.05, 4.69) is 11.4 Å². The number of carbonyl (C=O) groups excluding carboxylic acids is 3. The van der Waals surface area contributed by atoms with Gasteiger partial charge in [-0.15, -0.1) is 0 Å². The Morgan fingerprint density at radius 1 is 1.26 bits per heavy atom. The monoisotopic (exact) mass is 339 g/mol. The van der Waals surface area contributed by atoms with Gasteiger partial charge in [0.15, 0.2) is 17.3 Å². The third-order valence-corrected chi connectivity index (χ3v) is 6.63. The number of ketones is 3. The molecular weight excluding hydrogens is 314 g/mol. The highest BCUT2D eigenvalue weighted by atomic mass is 32.2. The Morgan fingerprint density at radius 2 is 1.87 bits per heavy atom. The number of hydrogen-bond donors (Lipinski definition) is 0.